The Bertz CT molecular complexity index is 1140. The van der Waals surface area contributed by atoms with Crippen molar-refractivity contribution in [1.29, 1.82) is 0 Å². The standard InChI is InChI=1S/C29H41NO4/c1-25(2,3)26(4,32)20-15-27-10-11-29(20,33-5)24-28(27)12-13-30(16-17-6-7-17)21(27)14-18-8-9-19(31)23(34-24)22(18)28/h8-9,17,20-21,24,31-32H,6-7,10-16H2,1-5H3/t20-,21-,24-,26+,27-,28+,29-/m1/s1/i16D2. The van der Waals surface area contributed by atoms with Crippen LogP contribution in [-0.2, 0) is 16.6 Å². The van der Waals surface area contributed by atoms with E-state index in [0.717, 1.165) is 50.5 Å². The minimum Gasteiger partial charge on any atom is -0.504 e. The summed E-state index contributed by atoms with van der Waals surface area (Å²) in [6, 6.07) is 3.83. The van der Waals surface area contributed by atoms with E-state index in [-0.39, 0.29) is 46.0 Å². The van der Waals surface area contributed by atoms with Crippen molar-refractivity contribution in [3.63, 3.8) is 0 Å². The molecule has 0 radical (unpaired) electrons. The number of benzene rings is 1. The number of ether oxygens (including phenoxy) is 2. The Labute approximate surface area is 206 Å². The maximum Gasteiger partial charge on any atom is 0.165 e. The molecule has 2 heterocycles. The molecule has 1 aromatic carbocycles. The van der Waals surface area contributed by atoms with E-state index in [1.54, 1.807) is 13.2 Å². The van der Waals surface area contributed by atoms with Gasteiger partial charge in [0.2, 0.25) is 0 Å². The van der Waals surface area contributed by atoms with Crippen molar-refractivity contribution in [2.24, 2.45) is 22.7 Å². The fourth-order valence-electron chi connectivity index (χ4n) is 9.24. The molecule has 4 bridgehead atoms. The van der Waals surface area contributed by atoms with Crippen molar-refractivity contribution in [2.45, 2.75) is 101 Å². The largest absolute Gasteiger partial charge is 0.504 e. The topological polar surface area (TPSA) is 62.2 Å². The average molecular weight is 470 g/mol. The average Bonchev–Trinajstić information content (AvgIpc) is 3.60. The second kappa shape index (κ2) is 6.33. The Kier molecular flexibility index (Phi) is 3.69. The molecule has 0 aromatic heterocycles. The predicted octanol–water partition coefficient (Wildman–Crippen LogP) is 4.41. The van der Waals surface area contributed by atoms with Crippen LogP contribution in [0.5, 0.6) is 11.5 Å². The highest BCUT2D eigenvalue weighted by molar-refractivity contribution is 5.63. The highest BCUT2D eigenvalue weighted by Crippen LogP contribution is 2.78. The first kappa shape index (κ1) is 19.8. The number of hydrogen-bond acceptors (Lipinski definition) is 5. The third-order valence-corrected chi connectivity index (χ3v) is 11.5. The molecule has 1 aromatic rings. The lowest BCUT2D eigenvalue weighted by atomic mass is 9.33. The van der Waals surface area contributed by atoms with Gasteiger partial charge in [-0.1, -0.05) is 26.8 Å². The van der Waals surface area contributed by atoms with Crippen LogP contribution < -0.4 is 4.74 Å². The zero-order valence-corrected chi connectivity index (χ0v) is 21.3. The van der Waals surface area contributed by atoms with Crippen LogP contribution in [0.25, 0.3) is 0 Å². The third kappa shape index (κ3) is 2.25. The van der Waals surface area contributed by atoms with Gasteiger partial charge in [0, 0.05) is 44.7 Å². The number of aromatic hydroxyl groups is 1. The van der Waals surface area contributed by atoms with E-state index >= 15 is 0 Å². The quantitative estimate of drug-likeness (QED) is 0.684. The molecule has 34 heavy (non-hydrogen) atoms. The summed E-state index contributed by atoms with van der Waals surface area (Å²) in [4.78, 5) is 2.22. The summed E-state index contributed by atoms with van der Waals surface area (Å²) in [5.74, 6) is 0.730. The molecular weight excluding hydrogens is 426 g/mol. The number of phenols is 1. The molecular formula is C29H41NO4. The first-order valence-electron chi connectivity index (χ1n) is 14.3. The van der Waals surface area contributed by atoms with Crippen molar-refractivity contribution >= 4 is 0 Å². The Morgan fingerprint density at radius 2 is 1.97 bits per heavy atom. The minimum absolute atomic E-state index is 0.0318. The predicted molar refractivity (Wildman–Crippen MR) is 130 cm³/mol. The van der Waals surface area contributed by atoms with Crippen LogP contribution in [0.15, 0.2) is 12.1 Å². The molecule has 7 atom stereocenters. The van der Waals surface area contributed by atoms with Crippen molar-refractivity contribution in [1.82, 2.24) is 4.90 Å². The Morgan fingerprint density at radius 3 is 2.65 bits per heavy atom. The smallest absolute Gasteiger partial charge is 0.165 e. The van der Waals surface area contributed by atoms with Gasteiger partial charge >= 0.3 is 0 Å². The Morgan fingerprint density at radius 1 is 1.21 bits per heavy atom. The number of piperidine rings is 1. The molecule has 7 aliphatic rings. The highest BCUT2D eigenvalue weighted by Gasteiger charge is 2.82. The maximum atomic E-state index is 12.2. The summed E-state index contributed by atoms with van der Waals surface area (Å²) < 4.78 is 31.8. The number of nitrogens with zero attached hydrogens (tertiary/aromatic N) is 1. The summed E-state index contributed by atoms with van der Waals surface area (Å²) in [5.41, 5.74) is -0.317. The highest BCUT2D eigenvalue weighted by atomic mass is 16.6. The Balaban J connectivity index is 1.49. The van der Waals surface area contributed by atoms with Gasteiger partial charge in [0.05, 0.1) is 5.60 Å². The number of aliphatic hydroxyl groups is 1. The second-order valence-electron chi connectivity index (χ2n) is 13.5. The summed E-state index contributed by atoms with van der Waals surface area (Å²) in [6.07, 6.45) is 5.64. The number of hydrogen-bond donors (Lipinski definition) is 2. The van der Waals surface area contributed by atoms with Crippen molar-refractivity contribution in [3.8, 4) is 11.5 Å². The van der Waals surface area contributed by atoms with Crippen LogP contribution in [-0.4, -0.2) is 58.6 Å². The van der Waals surface area contributed by atoms with E-state index in [9.17, 15) is 13.0 Å². The van der Waals surface area contributed by atoms with E-state index in [1.165, 1.54) is 5.56 Å². The van der Waals surface area contributed by atoms with Crippen molar-refractivity contribution in [2.75, 3.05) is 20.2 Å². The number of rotatable bonds is 4. The van der Waals surface area contributed by atoms with Crippen LogP contribution in [0.3, 0.4) is 0 Å². The van der Waals surface area contributed by atoms with Gasteiger partial charge in [-0.25, -0.2) is 0 Å². The fraction of sp³-hybridized carbons (Fsp3) is 0.793. The number of methoxy groups -OCH3 is 1. The van der Waals surface area contributed by atoms with E-state index in [1.807, 2.05) is 13.0 Å². The lowest BCUT2D eigenvalue weighted by Gasteiger charge is -2.75. The molecule has 2 N–H and O–H groups in total. The third-order valence-electron chi connectivity index (χ3n) is 11.5. The monoisotopic (exact) mass is 469 g/mol. The van der Waals surface area contributed by atoms with Gasteiger partial charge in [-0.05, 0) is 81.4 Å². The van der Waals surface area contributed by atoms with E-state index < -0.39 is 17.7 Å². The van der Waals surface area contributed by atoms with Gasteiger partial charge in [0.15, 0.2) is 11.5 Å². The van der Waals surface area contributed by atoms with Crippen LogP contribution in [0.2, 0.25) is 0 Å². The van der Waals surface area contributed by atoms with Crippen LogP contribution in [0.4, 0.5) is 0 Å². The molecule has 1 saturated heterocycles. The second-order valence-corrected chi connectivity index (χ2v) is 13.5. The first-order chi connectivity index (χ1) is 16.8. The summed E-state index contributed by atoms with van der Waals surface area (Å²) in [6.45, 7) is 7.61. The van der Waals surface area contributed by atoms with Crippen LogP contribution in [0.1, 0.15) is 80.1 Å². The molecule has 0 unspecified atom stereocenters. The number of phenolic OH excluding ortho intramolecular Hbond substituents is 1. The van der Waals surface area contributed by atoms with Gasteiger partial charge in [-0.2, -0.15) is 0 Å². The number of likely N-dealkylation sites (tertiary alicyclic amines) is 1. The summed E-state index contributed by atoms with van der Waals surface area (Å²) >= 11 is 0. The van der Waals surface area contributed by atoms with E-state index in [0.29, 0.717) is 12.3 Å². The fourth-order valence-corrected chi connectivity index (χ4v) is 9.24. The molecule has 5 fully saturated rings. The molecule has 186 valence electrons. The zero-order chi connectivity index (χ0) is 25.7. The van der Waals surface area contributed by atoms with Gasteiger partial charge in [-0.15, -0.1) is 0 Å². The molecule has 2 spiro atoms. The molecule has 4 saturated carbocycles. The molecule has 0 amide bonds. The minimum atomic E-state index is -1.33. The van der Waals surface area contributed by atoms with E-state index in [4.69, 9.17) is 9.47 Å². The van der Waals surface area contributed by atoms with Gasteiger partial charge < -0.3 is 19.7 Å². The summed E-state index contributed by atoms with van der Waals surface area (Å²) in [7, 11) is 1.77. The molecule has 8 rings (SSSR count). The normalized spacial score (nSPS) is 45.2. The first-order valence-corrected chi connectivity index (χ1v) is 13.3. The van der Waals surface area contributed by atoms with Crippen LogP contribution in [0, 0.1) is 22.7 Å². The van der Waals surface area contributed by atoms with Crippen molar-refractivity contribution in [3.05, 3.63) is 23.3 Å². The summed E-state index contributed by atoms with van der Waals surface area (Å²) in [5, 5.41) is 23.2. The Hall–Kier alpha value is -1.30. The van der Waals surface area contributed by atoms with Gasteiger partial charge in [0.1, 0.15) is 11.7 Å². The van der Waals surface area contributed by atoms with Crippen LogP contribution >= 0.6 is 0 Å². The lowest BCUT2D eigenvalue weighted by molar-refractivity contribution is -0.312. The van der Waals surface area contributed by atoms with E-state index in [2.05, 4.69) is 25.7 Å². The SMILES string of the molecule is [2H]C([2H])(C1CC1)N1CC[C@]23c4c5ccc(O)c4O[C@H]2[C@@]2(OC)CC[C@@]3(C[C@@H]2[C@](C)(O)C(C)(C)C)[C@H]1C5. The van der Waals surface area contributed by atoms with Gasteiger partial charge in [-0.3, -0.25) is 4.90 Å². The molecule has 5 heteroatoms. The zero-order valence-electron chi connectivity index (χ0n) is 23.3. The van der Waals surface area contributed by atoms with Gasteiger partial charge in [0.25, 0.3) is 0 Å². The number of fused-ring (bicyclic) bond motifs is 2. The molecule has 5 aliphatic carbocycles. The van der Waals surface area contributed by atoms with Crippen molar-refractivity contribution < 1.29 is 22.4 Å². The maximum absolute atomic E-state index is 12.2. The molecule has 2 aliphatic heterocycles. The lowest BCUT2D eigenvalue weighted by Crippen LogP contribution is -2.83. The molecule has 5 nitrogen and oxygen atoms in total.